The average Bonchev–Trinajstić information content (AvgIpc) is 2.15. The van der Waals surface area contributed by atoms with Crippen LogP contribution in [0.15, 0.2) is 10.7 Å². The van der Waals surface area contributed by atoms with Gasteiger partial charge in [0.05, 0.1) is 23.3 Å². The van der Waals surface area contributed by atoms with Gasteiger partial charge in [0.2, 0.25) is 0 Å². The number of aromatic nitrogens is 1. The lowest BCUT2D eigenvalue weighted by Gasteiger charge is -2.10. The topological polar surface area (TPSA) is 39.2 Å². The van der Waals surface area contributed by atoms with E-state index in [1.54, 1.807) is 0 Å². The number of carbonyl (C=O) groups is 1. The maximum atomic E-state index is 12.6. The summed E-state index contributed by atoms with van der Waals surface area (Å²) in [5, 5.41) is -0.911. The number of pyridine rings is 1. The third kappa shape index (κ3) is 2.43. The van der Waals surface area contributed by atoms with Crippen molar-refractivity contribution in [2.24, 2.45) is 0 Å². The van der Waals surface area contributed by atoms with Crippen LogP contribution in [0, 0.1) is 0 Å². The van der Waals surface area contributed by atoms with Crippen LogP contribution in [-0.4, -0.2) is 17.3 Å². The lowest BCUT2D eigenvalue weighted by Crippen LogP contribution is -2.02. The molecule has 82 valence electrons. The molecule has 0 radical (unpaired) electrons. The smallest absolute Gasteiger partial charge is 0.272 e. The molecule has 1 rings (SSSR count). The lowest BCUT2D eigenvalue weighted by atomic mass is 10.2. The molecule has 0 aliphatic rings. The van der Waals surface area contributed by atoms with Crippen LogP contribution in [0.3, 0.4) is 0 Å². The Kier molecular flexibility index (Phi) is 3.98. The number of alkyl halides is 2. The van der Waals surface area contributed by atoms with E-state index in [1.165, 1.54) is 7.11 Å². The molecule has 0 aliphatic heterocycles. The highest BCUT2D eigenvalue weighted by Gasteiger charge is 2.23. The minimum Gasteiger partial charge on any atom is -0.495 e. The van der Waals surface area contributed by atoms with Gasteiger partial charge in [0.1, 0.15) is 11.4 Å². The molecular formula is C8H5BrClF2NO2. The molecule has 0 saturated carbocycles. The van der Waals surface area contributed by atoms with Crippen LogP contribution in [0.5, 0.6) is 5.75 Å². The van der Waals surface area contributed by atoms with Crippen molar-refractivity contribution in [2.75, 3.05) is 7.11 Å². The Morgan fingerprint density at radius 3 is 2.67 bits per heavy atom. The zero-order chi connectivity index (χ0) is 11.6. The first-order valence-electron chi connectivity index (χ1n) is 3.69. The number of methoxy groups -OCH3 is 1. The van der Waals surface area contributed by atoms with E-state index in [2.05, 4.69) is 20.9 Å². The largest absolute Gasteiger partial charge is 0.495 e. The van der Waals surface area contributed by atoms with Crippen molar-refractivity contribution in [1.29, 1.82) is 0 Å². The number of halogens is 4. The standard InChI is InChI=1S/C8H5BrClF2NO2/c1-15-3-2-13-6(7(10)14)5(9)4(3)8(11)12/h2,8H,1H3. The van der Waals surface area contributed by atoms with Gasteiger partial charge in [-0.05, 0) is 27.5 Å². The Morgan fingerprint density at radius 1 is 1.67 bits per heavy atom. The minimum atomic E-state index is -2.79. The Morgan fingerprint density at radius 2 is 2.27 bits per heavy atom. The van der Waals surface area contributed by atoms with E-state index in [0.29, 0.717) is 0 Å². The van der Waals surface area contributed by atoms with Gasteiger partial charge in [0.15, 0.2) is 0 Å². The van der Waals surface area contributed by atoms with Gasteiger partial charge >= 0.3 is 0 Å². The number of carbonyl (C=O) groups excluding carboxylic acids is 1. The third-order valence-corrected chi connectivity index (χ3v) is 2.63. The van der Waals surface area contributed by atoms with Crippen molar-refractivity contribution in [1.82, 2.24) is 4.98 Å². The fraction of sp³-hybridized carbons (Fsp3) is 0.250. The number of nitrogens with zero attached hydrogens (tertiary/aromatic N) is 1. The molecule has 0 aromatic carbocycles. The molecule has 1 heterocycles. The Hall–Kier alpha value is -0.750. The quantitative estimate of drug-likeness (QED) is 0.805. The highest BCUT2D eigenvalue weighted by atomic mass is 79.9. The predicted molar refractivity (Wildman–Crippen MR) is 53.6 cm³/mol. The van der Waals surface area contributed by atoms with Crippen molar-refractivity contribution in [3.05, 3.63) is 21.9 Å². The monoisotopic (exact) mass is 299 g/mol. The first kappa shape index (κ1) is 12.3. The summed E-state index contributed by atoms with van der Waals surface area (Å²) in [4.78, 5) is 14.4. The molecule has 0 fully saturated rings. The second kappa shape index (κ2) is 4.85. The number of hydrogen-bond acceptors (Lipinski definition) is 3. The summed E-state index contributed by atoms with van der Waals surface area (Å²) in [6.45, 7) is 0. The molecule has 0 unspecified atom stereocenters. The molecule has 0 atom stereocenters. The summed E-state index contributed by atoms with van der Waals surface area (Å²) >= 11 is 8.01. The van der Waals surface area contributed by atoms with E-state index in [4.69, 9.17) is 16.3 Å². The first-order valence-corrected chi connectivity index (χ1v) is 4.86. The maximum absolute atomic E-state index is 12.6. The van der Waals surface area contributed by atoms with Crippen LogP contribution < -0.4 is 4.74 Å². The first-order chi connectivity index (χ1) is 6.99. The Labute approximate surface area is 97.5 Å². The molecule has 7 heteroatoms. The predicted octanol–water partition coefficient (Wildman–Crippen LogP) is 3.17. The van der Waals surface area contributed by atoms with Crippen LogP contribution in [0.25, 0.3) is 0 Å². The number of ether oxygens (including phenoxy) is 1. The van der Waals surface area contributed by atoms with Gasteiger partial charge in [0, 0.05) is 0 Å². The summed E-state index contributed by atoms with van der Waals surface area (Å²) < 4.78 is 29.8. The third-order valence-electron chi connectivity index (χ3n) is 1.65. The summed E-state index contributed by atoms with van der Waals surface area (Å²) in [6, 6.07) is 0. The highest BCUT2D eigenvalue weighted by molar-refractivity contribution is 9.10. The van der Waals surface area contributed by atoms with Crippen molar-refractivity contribution in [3.63, 3.8) is 0 Å². The van der Waals surface area contributed by atoms with E-state index >= 15 is 0 Å². The van der Waals surface area contributed by atoms with Crippen LogP contribution in [0.4, 0.5) is 8.78 Å². The molecule has 1 aromatic rings. The summed E-state index contributed by atoms with van der Waals surface area (Å²) in [5.41, 5.74) is -0.690. The Bertz CT molecular complexity index is 400. The van der Waals surface area contributed by atoms with Crippen molar-refractivity contribution < 1.29 is 18.3 Å². The van der Waals surface area contributed by atoms with Gasteiger partial charge in [-0.3, -0.25) is 4.79 Å². The second-order valence-electron chi connectivity index (χ2n) is 2.48. The molecule has 15 heavy (non-hydrogen) atoms. The molecule has 0 spiro atoms. The Balaban J connectivity index is 3.42. The van der Waals surface area contributed by atoms with E-state index in [0.717, 1.165) is 6.20 Å². The van der Waals surface area contributed by atoms with Crippen LogP contribution in [0.2, 0.25) is 0 Å². The van der Waals surface area contributed by atoms with Gasteiger partial charge in [-0.25, -0.2) is 13.8 Å². The van der Waals surface area contributed by atoms with Gasteiger partial charge in [-0.2, -0.15) is 0 Å². The van der Waals surface area contributed by atoms with Gasteiger partial charge in [-0.15, -0.1) is 0 Å². The van der Waals surface area contributed by atoms with Crippen molar-refractivity contribution in [3.8, 4) is 5.75 Å². The average molecular weight is 300 g/mol. The van der Waals surface area contributed by atoms with Gasteiger partial charge in [0.25, 0.3) is 11.7 Å². The fourth-order valence-electron chi connectivity index (χ4n) is 0.988. The maximum Gasteiger partial charge on any atom is 0.272 e. The molecule has 0 bridgehead atoms. The number of rotatable bonds is 3. The summed E-state index contributed by atoms with van der Waals surface area (Å²) in [6.07, 6.45) is -1.76. The van der Waals surface area contributed by atoms with E-state index in [9.17, 15) is 13.6 Å². The van der Waals surface area contributed by atoms with E-state index < -0.39 is 17.2 Å². The van der Waals surface area contributed by atoms with Crippen LogP contribution in [0.1, 0.15) is 22.5 Å². The highest BCUT2D eigenvalue weighted by Crippen LogP contribution is 2.36. The fourth-order valence-corrected chi connectivity index (χ4v) is 1.90. The van der Waals surface area contributed by atoms with Crippen LogP contribution in [-0.2, 0) is 0 Å². The zero-order valence-corrected chi connectivity index (χ0v) is 9.77. The van der Waals surface area contributed by atoms with Gasteiger partial charge in [-0.1, -0.05) is 0 Å². The molecule has 0 N–H and O–H groups in total. The second-order valence-corrected chi connectivity index (χ2v) is 3.61. The number of hydrogen-bond donors (Lipinski definition) is 0. The molecule has 0 amide bonds. The van der Waals surface area contributed by atoms with Crippen molar-refractivity contribution >= 4 is 32.8 Å². The molecule has 1 aromatic heterocycles. The molecule has 3 nitrogen and oxygen atoms in total. The summed E-state index contributed by atoms with van der Waals surface area (Å²) in [7, 11) is 1.23. The minimum absolute atomic E-state index is 0.0986. The zero-order valence-electron chi connectivity index (χ0n) is 7.43. The van der Waals surface area contributed by atoms with E-state index in [1.807, 2.05) is 0 Å². The molecule has 0 saturated heterocycles. The van der Waals surface area contributed by atoms with Crippen molar-refractivity contribution in [2.45, 2.75) is 6.43 Å². The van der Waals surface area contributed by atoms with E-state index in [-0.39, 0.29) is 15.9 Å². The van der Waals surface area contributed by atoms with Gasteiger partial charge < -0.3 is 4.74 Å². The molecule has 0 aliphatic carbocycles. The summed E-state index contributed by atoms with van der Waals surface area (Å²) in [5.74, 6) is -0.0986. The SMILES string of the molecule is COc1cnc(C(=O)Cl)c(Br)c1C(F)F. The molecular weight excluding hydrogens is 295 g/mol. The van der Waals surface area contributed by atoms with Crippen LogP contribution >= 0.6 is 27.5 Å². The normalized spacial score (nSPS) is 10.5. The lowest BCUT2D eigenvalue weighted by molar-refractivity contribution is 0.107.